The fraction of sp³-hybridized carbons (Fsp3) is 0.105. The first-order valence-corrected chi connectivity index (χ1v) is 9.58. The van der Waals surface area contributed by atoms with Gasteiger partial charge >= 0.3 is 5.97 Å². The quantitative estimate of drug-likeness (QED) is 0.435. The van der Waals surface area contributed by atoms with Gasteiger partial charge in [0.15, 0.2) is 0 Å². The van der Waals surface area contributed by atoms with Crippen LogP contribution in [0, 0.1) is 0 Å². The summed E-state index contributed by atoms with van der Waals surface area (Å²) in [4.78, 5) is 9.53. The highest BCUT2D eigenvalue weighted by Gasteiger charge is 2.55. The van der Waals surface area contributed by atoms with Crippen molar-refractivity contribution in [3.05, 3.63) is 78.4 Å². The van der Waals surface area contributed by atoms with Gasteiger partial charge < -0.3 is 5.11 Å². The van der Waals surface area contributed by atoms with Crippen molar-refractivity contribution in [3.63, 3.8) is 0 Å². The van der Waals surface area contributed by atoms with Crippen LogP contribution in [0.1, 0.15) is 5.56 Å². The van der Waals surface area contributed by atoms with Crippen LogP contribution in [0.3, 0.4) is 0 Å². The number of hydrazine groups is 2. The summed E-state index contributed by atoms with van der Waals surface area (Å²) in [5.41, 5.74) is 0.476. The van der Waals surface area contributed by atoms with Crippen molar-refractivity contribution in [3.8, 4) is 0 Å². The van der Waals surface area contributed by atoms with Gasteiger partial charge in [-0.15, -0.1) is 0 Å². The summed E-state index contributed by atoms with van der Waals surface area (Å²) >= 11 is 0. The molecule has 0 saturated carbocycles. The Morgan fingerprint density at radius 2 is 1.52 bits per heavy atom. The zero-order valence-corrected chi connectivity index (χ0v) is 15.1. The molecular formula is C19H19N3O4S. The topological polar surface area (TPSA) is 127 Å². The van der Waals surface area contributed by atoms with Gasteiger partial charge in [-0.25, -0.2) is 13.2 Å². The van der Waals surface area contributed by atoms with E-state index in [1.54, 1.807) is 66.7 Å². The summed E-state index contributed by atoms with van der Waals surface area (Å²) in [6.45, 7) is 0. The lowest BCUT2D eigenvalue weighted by Crippen LogP contribution is -2.67. The van der Waals surface area contributed by atoms with Gasteiger partial charge in [-0.3, -0.25) is 11.7 Å². The molecule has 3 aromatic carbocycles. The molecule has 0 aliphatic rings. The van der Waals surface area contributed by atoms with Crippen LogP contribution in [-0.4, -0.2) is 29.5 Å². The van der Waals surface area contributed by atoms with Crippen molar-refractivity contribution in [1.82, 2.24) is 5.12 Å². The monoisotopic (exact) mass is 385 g/mol. The molecule has 3 rings (SSSR count). The molecule has 0 aromatic heterocycles. The maximum atomic E-state index is 13.6. The zero-order chi connectivity index (χ0) is 19.7. The minimum absolute atomic E-state index is 0.139. The molecule has 0 amide bonds. The van der Waals surface area contributed by atoms with Crippen molar-refractivity contribution in [2.45, 2.75) is 16.2 Å². The number of carboxylic acids is 1. The van der Waals surface area contributed by atoms with Gasteiger partial charge in [-0.2, -0.15) is 5.12 Å². The number of carbonyl (C=O) groups is 1. The Labute approximate surface area is 156 Å². The molecule has 140 valence electrons. The Kier molecular flexibility index (Phi) is 4.99. The maximum Gasteiger partial charge on any atom is 0.343 e. The zero-order valence-electron chi connectivity index (χ0n) is 14.3. The van der Waals surface area contributed by atoms with E-state index in [-0.39, 0.29) is 10.0 Å². The summed E-state index contributed by atoms with van der Waals surface area (Å²) < 4.78 is 27.1. The molecule has 7 nitrogen and oxygen atoms in total. The second kappa shape index (κ2) is 7.09. The van der Waals surface area contributed by atoms with Crippen molar-refractivity contribution in [1.29, 1.82) is 0 Å². The number of carboxylic acid groups (broad SMARTS) is 1. The standard InChI is InChI=1S/C19H19N3O4S/c20-22(21)19(18(23)24,13-14-7-2-1-3-8-14)27(25,26)17-12-6-10-15-9-4-5-11-16(15)17/h1-12H,13,20-21H2,(H,23,24)/t19-/m1/s1. The Morgan fingerprint density at radius 1 is 0.926 bits per heavy atom. The number of nitrogens with zero attached hydrogens (tertiary/aromatic N) is 1. The highest BCUT2D eigenvalue weighted by atomic mass is 32.2. The maximum absolute atomic E-state index is 13.6. The van der Waals surface area contributed by atoms with E-state index < -0.39 is 27.1 Å². The van der Waals surface area contributed by atoms with Gasteiger partial charge in [0, 0.05) is 11.8 Å². The van der Waals surface area contributed by atoms with E-state index in [2.05, 4.69) is 0 Å². The van der Waals surface area contributed by atoms with Crippen molar-refractivity contribution >= 4 is 26.6 Å². The molecule has 0 radical (unpaired) electrons. The van der Waals surface area contributed by atoms with Crippen LogP contribution in [0.2, 0.25) is 0 Å². The predicted octanol–water partition coefficient (Wildman–Crippen LogP) is 1.69. The smallest absolute Gasteiger partial charge is 0.343 e. The molecule has 0 heterocycles. The first kappa shape index (κ1) is 19.0. The molecule has 5 N–H and O–H groups in total. The fourth-order valence-corrected chi connectivity index (χ4v) is 5.07. The highest BCUT2D eigenvalue weighted by molar-refractivity contribution is 7.93. The minimum Gasteiger partial charge on any atom is -0.479 e. The van der Waals surface area contributed by atoms with Gasteiger partial charge in [0.1, 0.15) is 0 Å². The van der Waals surface area contributed by atoms with Crippen LogP contribution >= 0.6 is 0 Å². The predicted molar refractivity (Wildman–Crippen MR) is 102 cm³/mol. The number of hydrogen-bond acceptors (Lipinski definition) is 6. The second-order valence-electron chi connectivity index (χ2n) is 6.14. The lowest BCUT2D eigenvalue weighted by molar-refractivity contribution is -0.146. The number of sulfone groups is 1. The Balaban J connectivity index is 2.29. The summed E-state index contributed by atoms with van der Waals surface area (Å²) in [6.07, 6.45) is -0.415. The molecule has 0 unspecified atom stereocenters. The normalized spacial score (nSPS) is 14.2. The SMILES string of the molecule is NN(N)[C@@](Cc1ccccc1)(C(=O)O)S(=O)(=O)c1cccc2ccccc12. The van der Waals surface area contributed by atoms with Gasteiger partial charge in [-0.1, -0.05) is 66.7 Å². The Hall–Kier alpha value is -2.78. The summed E-state index contributed by atoms with van der Waals surface area (Å²) in [7, 11) is -4.51. The summed E-state index contributed by atoms with van der Waals surface area (Å²) in [6, 6.07) is 19.9. The van der Waals surface area contributed by atoms with E-state index in [0.29, 0.717) is 16.3 Å². The van der Waals surface area contributed by atoms with Gasteiger partial charge in [0.2, 0.25) is 9.84 Å². The van der Waals surface area contributed by atoms with Gasteiger partial charge in [-0.05, 0) is 17.0 Å². The number of aliphatic carboxylic acids is 1. The van der Waals surface area contributed by atoms with Crippen LogP contribution in [0.25, 0.3) is 10.8 Å². The van der Waals surface area contributed by atoms with E-state index in [1.807, 2.05) is 0 Å². The molecule has 3 aromatic rings. The van der Waals surface area contributed by atoms with Crippen molar-refractivity contribution in [2.75, 3.05) is 0 Å². The van der Waals surface area contributed by atoms with Gasteiger partial charge in [0.25, 0.3) is 4.87 Å². The second-order valence-corrected chi connectivity index (χ2v) is 8.26. The molecular weight excluding hydrogens is 366 g/mol. The number of rotatable bonds is 6. The average Bonchev–Trinajstić information content (AvgIpc) is 2.65. The van der Waals surface area contributed by atoms with Crippen LogP contribution in [0.4, 0.5) is 0 Å². The molecule has 0 saturated heterocycles. The van der Waals surface area contributed by atoms with Crippen molar-refractivity contribution in [2.24, 2.45) is 11.7 Å². The van der Waals surface area contributed by atoms with Crippen LogP contribution in [0.5, 0.6) is 0 Å². The Bertz CT molecular complexity index is 1080. The molecule has 8 heteroatoms. The van der Waals surface area contributed by atoms with E-state index >= 15 is 0 Å². The van der Waals surface area contributed by atoms with Crippen molar-refractivity contribution < 1.29 is 18.3 Å². The van der Waals surface area contributed by atoms with Crippen LogP contribution in [-0.2, 0) is 21.1 Å². The molecule has 0 bridgehead atoms. The lowest BCUT2D eigenvalue weighted by atomic mass is 10.1. The number of benzene rings is 3. The molecule has 0 spiro atoms. The summed E-state index contributed by atoms with van der Waals surface area (Å²) in [5.74, 6) is 9.63. The van der Waals surface area contributed by atoms with E-state index in [9.17, 15) is 18.3 Å². The number of nitrogens with two attached hydrogens (primary N) is 2. The largest absolute Gasteiger partial charge is 0.479 e. The lowest BCUT2D eigenvalue weighted by Gasteiger charge is -2.34. The third kappa shape index (κ3) is 3.08. The van der Waals surface area contributed by atoms with E-state index in [1.165, 1.54) is 6.07 Å². The molecule has 0 aliphatic heterocycles. The summed E-state index contributed by atoms with van der Waals surface area (Å²) in [5, 5.41) is 11.3. The minimum atomic E-state index is -4.51. The number of fused-ring (bicyclic) bond motifs is 1. The van der Waals surface area contributed by atoms with Gasteiger partial charge in [0.05, 0.1) is 4.90 Å². The van der Waals surface area contributed by atoms with E-state index in [0.717, 1.165) is 0 Å². The average molecular weight is 385 g/mol. The fourth-order valence-electron chi connectivity index (χ4n) is 3.11. The molecule has 27 heavy (non-hydrogen) atoms. The third-order valence-electron chi connectivity index (χ3n) is 4.52. The first-order valence-electron chi connectivity index (χ1n) is 8.10. The third-order valence-corrected chi connectivity index (χ3v) is 6.88. The van der Waals surface area contributed by atoms with Crippen LogP contribution in [0.15, 0.2) is 77.7 Å². The molecule has 0 fully saturated rings. The van der Waals surface area contributed by atoms with E-state index in [4.69, 9.17) is 11.7 Å². The molecule has 0 aliphatic carbocycles. The van der Waals surface area contributed by atoms with Crippen LogP contribution < -0.4 is 11.7 Å². The number of hydrogen-bond donors (Lipinski definition) is 3. The first-order chi connectivity index (χ1) is 12.8. The molecule has 1 atom stereocenters. The Morgan fingerprint density at radius 3 is 2.15 bits per heavy atom. The highest BCUT2D eigenvalue weighted by Crippen LogP contribution is 2.34.